The molecule has 1 unspecified atom stereocenters. The first kappa shape index (κ1) is 19.5. The number of hydrogen-bond acceptors (Lipinski definition) is 4. The Balaban J connectivity index is 2.03. The van der Waals surface area contributed by atoms with Gasteiger partial charge in [-0.3, -0.25) is 9.54 Å². The molecule has 1 aromatic heterocycles. The topological polar surface area (TPSA) is 79.7 Å². The predicted molar refractivity (Wildman–Crippen MR) is 96.7 cm³/mol. The zero-order valence-electron chi connectivity index (χ0n) is 13.9. The number of rotatable bonds is 7. The van der Waals surface area contributed by atoms with Gasteiger partial charge in [-0.25, -0.2) is 9.00 Å². The van der Waals surface area contributed by atoms with Crippen LogP contribution in [0, 0.1) is 6.92 Å². The van der Waals surface area contributed by atoms with Crippen LogP contribution in [0.25, 0.3) is 0 Å². The molecule has 0 bridgehead atoms. The first-order valence-electron chi connectivity index (χ1n) is 7.54. The van der Waals surface area contributed by atoms with Gasteiger partial charge in [0.15, 0.2) is 0 Å². The van der Waals surface area contributed by atoms with Crippen molar-refractivity contribution in [2.45, 2.75) is 19.9 Å². The Labute approximate surface area is 154 Å². The molecule has 0 aliphatic heterocycles. The van der Waals surface area contributed by atoms with Crippen LogP contribution in [0.2, 0.25) is 5.02 Å². The van der Waals surface area contributed by atoms with E-state index in [9.17, 15) is 13.6 Å². The molecule has 25 heavy (non-hydrogen) atoms. The van der Waals surface area contributed by atoms with E-state index in [1.54, 1.807) is 12.1 Å². The van der Waals surface area contributed by atoms with E-state index < -0.39 is 17.2 Å². The van der Waals surface area contributed by atoms with Crippen LogP contribution in [-0.4, -0.2) is 37.7 Å². The lowest BCUT2D eigenvalue weighted by Gasteiger charge is -2.17. The molecule has 1 heterocycles. The Kier molecular flexibility index (Phi) is 7.07. The summed E-state index contributed by atoms with van der Waals surface area (Å²) >= 11 is 3.90. The molecule has 0 aliphatic rings. The van der Waals surface area contributed by atoms with Crippen molar-refractivity contribution in [3.8, 4) is 0 Å². The van der Waals surface area contributed by atoms with Crippen LogP contribution >= 0.6 is 11.6 Å². The van der Waals surface area contributed by atoms with Crippen LogP contribution in [0.1, 0.15) is 27.2 Å². The number of esters is 1. The molecule has 1 aromatic carbocycles. The fourth-order valence-electron chi connectivity index (χ4n) is 2.36. The molecule has 1 atom stereocenters. The van der Waals surface area contributed by atoms with Crippen molar-refractivity contribution < 1.29 is 18.3 Å². The smallest absolute Gasteiger partial charge is 0.339 e. The van der Waals surface area contributed by atoms with Crippen molar-refractivity contribution in [1.29, 1.82) is 0 Å². The highest BCUT2D eigenvalue weighted by molar-refractivity contribution is 7.76. The zero-order valence-corrected chi connectivity index (χ0v) is 15.5. The Bertz CT molecular complexity index is 747. The summed E-state index contributed by atoms with van der Waals surface area (Å²) < 4.78 is 27.1. The summed E-state index contributed by atoms with van der Waals surface area (Å²) in [7, 11) is 1.30. The number of aromatic nitrogens is 1. The molecule has 2 rings (SSSR count). The third kappa shape index (κ3) is 5.89. The van der Waals surface area contributed by atoms with E-state index in [0.29, 0.717) is 29.2 Å². The number of aryl methyl sites for hydroxylation is 1. The standard InChI is InChI=1S/C17H19ClN2O4S/c1-12-7-13(9-15(18)8-12)5-6-20(25(22)23)11-16-4-3-14(10-19-16)17(21)24-2/h3-4,7-10H,5-6,11H2,1-2H3,(H,22,23). The minimum Gasteiger partial charge on any atom is -0.465 e. The van der Waals surface area contributed by atoms with Crippen molar-refractivity contribution in [1.82, 2.24) is 9.29 Å². The molecular formula is C17H19ClN2O4S. The summed E-state index contributed by atoms with van der Waals surface area (Å²) in [5.41, 5.74) is 2.95. The fourth-order valence-corrected chi connectivity index (χ4v) is 3.16. The van der Waals surface area contributed by atoms with Gasteiger partial charge in [0.25, 0.3) is 0 Å². The van der Waals surface area contributed by atoms with E-state index in [0.717, 1.165) is 11.1 Å². The molecule has 1 N–H and O–H groups in total. The first-order chi connectivity index (χ1) is 11.9. The predicted octanol–water partition coefficient (Wildman–Crippen LogP) is 3.01. The highest BCUT2D eigenvalue weighted by atomic mass is 35.5. The second-order valence-corrected chi connectivity index (χ2v) is 6.93. The van der Waals surface area contributed by atoms with Gasteiger partial charge in [-0.2, -0.15) is 4.31 Å². The Morgan fingerprint density at radius 2 is 2.12 bits per heavy atom. The average molecular weight is 383 g/mol. The lowest BCUT2D eigenvalue weighted by Crippen LogP contribution is -2.28. The monoisotopic (exact) mass is 382 g/mol. The van der Waals surface area contributed by atoms with Gasteiger partial charge in [0, 0.05) is 17.8 Å². The summed E-state index contributed by atoms with van der Waals surface area (Å²) in [6.45, 7) is 2.50. The number of methoxy groups -OCH3 is 1. The van der Waals surface area contributed by atoms with Crippen molar-refractivity contribution in [3.63, 3.8) is 0 Å². The van der Waals surface area contributed by atoms with Crippen LogP contribution in [0.15, 0.2) is 36.5 Å². The zero-order chi connectivity index (χ0) is 18.4. The van der Waals surface area contributed by atoms with E-state index in [-0.39, 0.29) is 6.54 Å². The van der Waals surface area contributed by atoms with E-state index in [4.69, 9.17) is 11.6 Å². The van der Waals surface area contributed by atoms with E-state index in [1.807, 2.05) is 25.1 Å². The number of pyridine rings is 1. The number of halogens is 1. The summed E-state index contributed by atoms with van der Waals surface area (Å²) in [5.74, 6) is -0.474. The molecule has 0 saturated heterocycles. The normalized spacial score (nSPS) is 12.2. The number of carbonyl (C=O) groups excluding carboxylic acids is 1. The van der Waals surface area contributed by atoms with Gasteiger partial charge in [-0.05, 0) is 48.7 Å². The molecule has 6 nitrogen and oxygen atoms in total. The number of ether oxygens (including phenoxy) is 1. The minimum atomic E-state index is -2.14. The van der Waals surface area contributed by atoms with E-state index >= 15 is 0 Å². The van der Waals surface area contributed by atoms with Gasteiger partial charge in [-0.15, -0.1) is 0 Å². The molecule has 0 spiro atoms. The van der Waals surface area contributed by atoms with Gasteiger partial charge in [0.1, 0.15) is 0 Å². The Morgan fingerprint density at radius 3 is 2.68 bits per heavy atom. The van der Waals surface area contributed by atoms with Gasteiger partial charge < -0.3 is 4.74 Å². The molecule has 0 fully saturated rings. The van der Waals surface area contributed by atoms with Crippen molar-refractivity contribution >= 4 is 28.8 Å². The van der Waals surface area contributed by atoms with E-state index in [1.165, 1.54) is 17.6 Å². The summed E-state index contributed by atoms with van der Waals surface area (Å²) in [6, 6.07) is 8.91. The van der Waals surface area contributed by atoms with Gasteiger partial charge in [0.05, 0.1) is 24.9 Å². The lowest BCUT2D eigenvalue weighted by atomic mass is 10.1. The highest BCUT2D eigenvalue weighted by Gasteiger charge is 2.14. The molecule has 0 amide bonds. The molecule has 0 aliphatic carbocycles. The third-order valence-corrected chi connectivity index (χ3v) is 4.53. The summed E-state index contributed by atoms with van der Waals surface area (Å²) in [5, 5.41) is 0.645. The largest absolute Gasteiger partial charge is 0.465 e. The fraction of sp³-hybridized carbons (Fsp3) is 0.294. The maximum atomic E-state index is 11.6. The second-order valence-electron chi connectivity index (χ2n) is 5.51. The molecule has 0 radical (unpaired) electrons. The van der Waals surface area contributed by atoms with Crippen LogP contribution in [0.3, 0.4) is 0 Å². The number of hydrogen-bond donors (Lipinski definition) is 1. The number of carbonyl (C=O) groups is 1. The minimum absolute atomic E-state index is 0.185. The first-order valence-corrected chi connectivity index (χ1v) is 8.98. The molecule has 0 saturated carbocycles. The van der Waals surface area contributed by atoms with Crippen LogP contribution in [0.4, 0.5) is 0 Å². The van der Waals surface area contributed by atoms with Gasteiger partial charge in [0.2, 0.25) is 11.3 Å². The SMILES string of the molecule is COC(=O)c1ccc(CN(CCc2cc(C)cc(Cl)c2)S(=O)O)nc1. The lowest BCUT2D eigenvalue weighted by molar-refractivity contribution is 0.0600. The average Bonchev–Trinajstić information content (AvgIpc) is 2.57. The Morgan fingerprint density at radius 1 is 1.36 bits per heavy atom. The van der Waals surface area contributed by atoms with Crippen LogP contribution in [-0.2, 0) is 29.0 Å². The number of nitrogens with zero attached hydrogens (tertiary/aromatic N) is 2. The van der Waals surface area contributed by atoms with Crippen LogP contribution in [0.5, 0.6) is 0 Å². The van der Waals surface area contributed by atoms with Gasteiger partial charge >= 0.3 is 5.97 Å². The van der Waals surface area contributed by atoms with Crippen molar-refractivity contribution in [3.05, 3.63) is 63.9 Å². The van der Waals surface area contributed by atoms with Crippen molar-refractivity contribution in [2.24, 2.45) is 0 Å². The van der Waals surface area contributed by atoms with E-state index in [2.05, 4.69) is 9.72 Å². The summed E-state index contributed by atoms with van der Waals surface area (Å²) in [4.78, 5) is 15.5. The molecule has 2 aromatic rings. The quantitative estimate of drug-likeness (QED) is 0.588. The molecular weight excluding hydrogens is 364 g/mol. The maximum absolute atomic E-state index is 11.6. The molecule has 8 heteroatoms. The van der Waals surface area contributed by atoms with Crippen molar-refractivity contribution in [2.75, 3.05) is 13.7 Å². The maximum Gasteiger partial charge on any atom is 0.339 e. The second kappa shape index (κ2) is 9.05. The van der Waals surface area contributed by atoms with Crippen LogP contribution < -0.4 is 0 Å². The molecule has 134 valence electrons. The van der Waals surface area contributed by atoms with Gasteiger partial charge in [-0.1, -0.05) is 17.7 Å². The summed E-state index contributed by atoms with van der Waals surface area (Å²) in [6.07, 6.45) is 1.97. The highest BCUT2D eigenvalue weighted by Crippen LogP contribution is 2.16. The Hall–Kier alpha value is -1.80. The third-order valence-electron chi connectivity index (χ3n) is 3.56. The number of benzene rings is 1.